The Morgan fingerprint density at radius 3 is 2.70 bits per heavy atom. The Labute approximate surface area is 127 Å². The second-order valence-corrected chi connectivity index (χ2v) is 6.43. The Kier molecular flexibility index (Phi) is 6.26. The zero-order valence-corrected chi connectivity index (χ0v) is 13.7. The number of pyridine rings is 1. The van der Waals surface area contributed by atoms with E-state index < -0.39 is 11.7 Å². The average molecular weight is 345 g/mol. The second kappa shape index (κ2) is 7.47. The molecule has 0 saturated heterocycles. The van der Waals surface area contributed by atoms with Gasteiger partial charge in [0.15, 0.2) is 0 Å². The number of carbonyl (C=O) groups excluding carboxylic acids is 1. The molecule has 5 nitrogen and oxygen atoms in total. The van der Waals surface area contributed by atoms with Crippen molar-refractivity contribution in [2.24, 2.45) is 0 Å². The smallest absolute Gasteiger partial charge is 0.407 e. The monoisotopic (exact) mass is 344 g/mol. The van der Waals surface area contributed by atoms with Gasteiger partial charge in [-0.2, -0.15) is 0 Å². The molecule has 0 unspecified atom stereocenters. The van der Waals surface area contributed by atoms with Crippen molar-refractivity contribution in [1.82, 2.24) is 9.88 Å². The van der Waals surface area contributed by atoms with Crippen molar-refractivity contribution in [1.29, 1.82) is 0 Å². The van der Waals surface area contributed by atoms with Gasteiger partial charge < -0.3 is 14.6 Å². The molecule has 112 valence electrons. The minimum absolute atomic E-state index is 0.0201. The van der Waals surface area contributed by atoms with Crippen LogP contribution < -0.4 is 10.9 Å². The van der Waals surface area contributed by atoms with E-state index in [2.05, 4.69) is 21.2 Å². The molecule has 1 aromatic rings. The Hall–Kier alpha value is -1.30. The summed E-state index contributed by atoms with van der Waals surface area (Å²) in [5.41, 5.74) is -0.499. The summed E-state index contributed by atoms with van der Waals surface area (Å²) in [4.78, 5) is 22.9. The first-order valence-corrected chi connectivity index (χ1v) is 7.40. The Morgan fingerprint density at radius 1 is 1.35 bits per heavy atom. The first kappa shape index (κ1) is 16.8. The summed E-state index contributed by atoms with van der Waals surface area (Å²) in [6, 6.07) is 3.26. The molecule has 1 N–H and O–H groups in total. The highest BCUT2D eigenvalue weighted by atomic mass is 79.9. The number of amides is 1. The van der Waals surface area contributed by atoms with Crippen LogP contribution in [-0.4, -0.2) is 22.8 Å². The van der Waals surface area contributed by atoms with Gasteiger partial charge in [0, 0.05) is 29.8 Å². The molecule has 0 aliphatic rings. The van der Waals surface area contributed by atoms with Gasteiger partial charge in [-0.3, -0.25) is 4.79 Å². The van der Waals surface area contributed by atoms with Gasteiger partial charge in [0.25, 0.3) is 5.56 Å². The normalized spacial score (nSPS) is 11.2. The van der Waals surface area contributed by atoms with Gasteiger partial charge in [0.1, 0.15) is 5.60 Å². The number of unbranched alkanes of at least 4 members (excludes halogenated alkanes) is 1. The lowest BCUT2D eigenvalue weighted by molar-refractivity contribution is 0.0527. The van der Waals surface area contributed by atoms with Crippen LogP contribution in [0.15, 0.2) is 27.6 Å². The number of hydrogen-bond acceptors (Lipinski definition) is 3. The van der Waals surface area contributed by atoms with E-state index >= 15 is 0 Å². The molecule has 1 aromatic heterocycles. The highest BCUT2D eigenvalue weighted by Gasteiger charge is 2.15. The summed E-state index contributed by atoms with van der Waals surface area (Å²) in [7, 11) is 0. The number of aromatic nitrogens is 1. The predicted molar refractivity (Wildman–Crippen MR) is 81.9 cm³/mol. The SMILES string of the molecule is CC(C)(C)OC(=O)NCCCCn1cc(Br)ccc1=O. The summed E-state index contributed by atoms with van der Waals surface area (Å²) in [5, 5.41) is 2.69. The third-order valence-corrected chi connectivity index (χ3v) is 2.91. The molecule has 0 bridgehead atoms. The first-order valence-electron chi connectivity index (χ1n) is 6.61. The number of nitrogens with one attached hydrogen (secondary N) is 1. The van der Waals surface area contributed by atoms with Crippen LogP contribution in [0.3, 0.4) is 0 Å². The Balaban J connectivity index is 2.24. The van der Waals surface area contributed by atoms with Crippen molar-refractivity contribution in [2.45, 2.75) is 45.8 Å². The molecule has 20 heavy (non-hydrogen) atoms. The van der Waals surface area contributed by atoms with Crippen LogP contribution in [0.25, 0.3) is 0 Å². The molecule has 6 heteroatoms. The lowest BCUT2D eigenvalue weighted by Crippen LogP contribution is -2.33. The maximum Gasteiger partial charge on any atom is 0.407 e. The van der Waals surface area contributed by atoms with Crippen molar-refractivity contribution in [3.8, 4) is 0 Å². The molecule has 1 heterocycles. The van der Waals surface area contributed by atoms with E-state index in [9.17, 15) is 9.59 Å². The molecule has 0 radical (unpaired) electrons. The first-order chi connectivity index (χ1) is 9.28. The highest BCUT2D eigenvalue weighted by Crippen LogP contribution is 2.07. The molecule has 0 atom stereocenters. The molecule has 0 fully saturated rings. The fourth-order valence-electron chi connectivity index (χ4n) is 1.59. The van der Waals surface area contributed by atoms with Crippen molar-refractivity contribution < 1.29 is 9.53 Å². The van der Waals surface area contributed by atoms with Crippen LogP contribution >= 0.6 is 15.9 Å². The van der Waals surface area contributed by atoms with E-state index in [1.165, 1.54) is 6.07 Å². The van der Waals surface area contributed by atoms with E-state index in [1.807, 2.05) is 20.8 Å². The quantitative estimate of drug-likeness (QED) is 0.835. The molecule has 0 spiro atoms. The molecule has 0 aliphatic heterocycles. The third kappa shape index (κ3) is 6.75. The van der Waals surface area contributed by atoms with Gasteiger partial charge in [0.2, 0.25) is 0 Å². The lowest BCUT2D eigenvalue weighted by Gasteiger charge is -2.19. The number of nitrogens with zero attached hydrogens (tertiary/aromatic N) is 1. The fraction of sp³-hybridized carbons (Fsp3) is 0.571. The molecule has 0 saturated carbocycles. The lowest BCUT2D eigenvalue weighted by atomic mass is 10.2. The van der Waals surface area contributed by atoms with Crippen LogP contribution in [0.1, 0.15) is 33.6 Å². The van der Waals surface area contributed by atoms with Gasteiger partial charge in [-0.1, -0.05) is 0 Å². The van der Waals surface area contributed by atoms with E-state index in [0.717, 1.165) is 17.3 Å². The Morgan fingerprint density at radius 2 is 2.05 bits per heavy atom. The van der Waals surface area contributed by atoms with Crippen LogP contribution in [-0.2, 0) is 11.3 Å². The van der Waals surface area contributed by atoms with Crippen LogP contribution in [0.2, 0.25) is 0 Å². The number of hydrogen-bond donors (Lipinski definition) is 1. The number of alkyl carbamates (subject to hydrolysis) is 1. The predicted octanol–water partition coefficient (Wildman–Crippen LogP) is 2.92. The van der Waals surface area contributed by atoms with Crippen LogP contribution in [0, 0.1) is 0 Å². The molecular formula is C14H21BrN2O3. The summed E-state index contributed by atoms with van der Waals surface area (Å²) in [5.74, 6) is 0. The second-order valence-electron chi connectivity index (χ2n) is 5.51. The minimum atomic E-state index is -0.478. The van der Waals surface area contributed by atoms with Crippen molar-refractivity contribution in [2.75, 3.05) is 6.54 Å². The number of rotatable bonds is 5. The van der Waals surface area contributed by atoms with E-state index in [0.29, 0.717) is 13.1 Å². The molecule has 1 amide bonds. The maximum absolute atomic E-state index is 11.6. The topological polar surface area (TPSA) is 60.3 Å². The van der Waals surface area contributed by atoms with E-state index in [4.69, 9.17) is 4.74 Å². The fourth-order valence-corrected chi connectivity index (χ4v) is 1.97. The van der Waals surface area contributed by atoms with Gasteiger partial charge >= 0.3 is 6.09 Å². The van der Waals surface area contributed by atoms with Crippen LogP contribution in [0.5, 0.6) is 0 Å². The standard InChI is InChI=1S/C14H21BrN2O3/c1-14(2,3)20-13(19)16-8-4-5-9-17-10-11(15)6-7-12(17)18/h6-7,10H,4-5,8-9H2,1-3H3,(H,16,19). The van der Waals surface area contributed by atoms with Gasteiger partial charge in [-0.25, -0.2) is 4.79 Å². The van der Waals surface area contributed by atoms with Gasteiger partial charge in [-0.05, 0) is 55.6 Å². The third-order valence-electron chi connectivity index (χ3n) is 2.44. The Bertz CT molecular complexity index is 506. The largest absolute Gasteiger partial charge is 0.444 e. The average Bonchev–Trinajstić information content (AvgIpc) is 2.30. The van der Waals surface area contributed by atoms with E-state index in [-0.39, 0.29) is 5.56 Å². The molecule has 0 aliphatic carbocycles. The summed E-state index contributed by atoms with van der Waals surface area (Å²) < 4.78 is 7.65. The van der Waals surface area contributed by atoms with Gasteiger partial charge in [-0.15, -0.1) is 0 Å². The van der Waals surface area contributed by atoms with Crippen molar-refractivity contribution in [3.05, 3.63) is 33.2 Å². The molecule has 1 rings (SSSR count). The summed E-state index contributed by atoms with van der Waals surface area (Å²) >= 11 is 3.33. The van der Waals surface area contributed by atoms with Crippen LogP contribution in [0.4, 0.5) is 4.79 Å². The molecular weight excluding hydrogens is 324 g/mol. The number of carbonyl (C=O) groups is 1. The van der Waals surface area contributed by atoms with Crippen molar-refractivity contribution >= 4 is 22.0 Å². The van der Waals surface area contributed by atoms with E-state index in [1.54, 1.807) is 16.8 Å². The number of aryl methyl sites for hydroxylation is 1. The highest BCUT2D eigenvalue weighted by molar-refractivity contribution is 9.10. The number of ether oxygens (including phenoxy) is 1. The number of halogens is 1. The summed E-state index contributed by atoms with van der Waals surface area (Å²) in [6.07, 6.45) is 2.96. The van der Waals surface area contributed by atoms with Gasteiger partial charge in [0.05, 0.1) is 0 Å². The van der Waals surface area contributed by atoms with Crippen molar-refractivity contribution in [3.63, 3.8) is 0 Å². The molecule has 0 aromatic carbocycles. The minimum Gasteiger partial charge on any atom is -0.444 e. The zero-order valence-electron chi connectivity index (χ0n) is 12.1. The maximum atomic E-state index is 11.6. The summed E-state index contributed by atoms with van der Waals surface area (Å²) in [6.45, 7) is 6.65. The zero-order chi connectivity index (χ0) is 15.2.